The fourth-order valence-electron chi connectivity index (χ4n) is 3.17. The highest BCUT2D eigenvalue weighted by Gasteiger charge is 2.28. The fourth-order valence-corrected chi connectivity index (χ4v) is 4.07. The molecule has 1 aliphatic heterocycles. The van der Waals surface area contributed by atoms with Crippen molar-refractivity contribution in [2.24, 2.45) is 0 Å². The van der Waals surface area contributed by atoms with Crippen molar-refractivity contribution in [3.63, 3.8) is 0 Å². The van der Waals surface area contributed by atoms with Crippen molar-refractivity contribution in [1.82, 2.24) is 16.0 Å². The summed E-state index contributed by atoms with van der Waals surface area (Å²) in [6, 6.07) is 15.2. The van der Waals surface area contributed by atoms with Gasteiger partial charge < -0.3 is 16.0 Å². The third kappa shape index (κ3) is 8.03. The predicted octanol–water partition coefficient (Wildman–Crippen LogP) is 2.01. The van der Waals surface area contributed by atoms with E-state index in [4.69, 9.17) is 0 Å². The molecule has 3 rings (SSSR count). The van der Waals surface area contributed by atoms with Crippen molar-refractivity contribution in [2.75, 3.05) is 17.6 Å². The maximum Gasteiger partial charge on any atom is 0.234 e. The van der Waals surface area contributed by atoms with Crippen LogP contribution >= 0.6 is 11.8 Å². The van der Waals surface area contributed by atoms with Crippen LogP contribution in [0.1, 0.15) is 18.4 Å². The minimum absolute atomic E-state index is 0.0600. The molecule has 2 atom stereocenters. The molecule has 2 unspecified atom stereocenters. The van der Waals surface area contributed by atoms with Crippen LogP contribution in [-0.2, 0) is 20.8 Å². The summed E-state index contributed by atoms with van der Waals surface area (Å²) in [4.78, 5) is 36.3. The van der Waals surface area contributed by atoms with E-state index in [0.717, 1.165) is 12.0 Å². The van der Waals surface area contributed by atoms with Crippen LogP contribution in [0.3, 0.4) is 0 Å². The lowest BCUT2D eigenvalue weighted by Crippen LogP contribution is -2.56. The Balaban J connectivity index is 1.39. The molecule has 0 saturated carbocycles. The number of carbonyl (C=O) groups excluding carboxylic acids is 3. The molecule has 31 heavy (non-hydrogen) atoms. The number of nitrogens with one attached hydrogen (secondary N) is 4. The maximum atomic E-state index is 13.2. The Morgan fingerprint density at radius 2 is 1.90 bits per heavy atom. The number of amides is 3. The second-order valence-electron chi connectivity index (χ2n) is 7.17. The van der Waals surface area contributed by atoms with Crippen LogP contribution in [0, 0.1) is 5.82 Å². The number of benzene rings is 2. The molecule has 164 valence electrons. The lowest BCUT2D eigenvalue weighted by atomic mass is 10.1. The molecule has 9 heteroatoms. The lowest BCUT2D eigenvalue weighted by molar-refractivity contribution is -0.125. The van der Waals surface area contributed by atoms with E-state index in [0.29, 0.717) is 12.2 Å². The van der Waals surface area contributed by atoms with Gasteiger partial charge in [-0.15, -0.1) is 11.8 Å². The maximum absolute atomic E-state index is 13.2. The molecule has 0 aromatic heterocycles. The summed E-state index contributed by atoms with van der Waals surface area (Å²) in [5.41, 5.74) is 1.03. The molecule has 7 nitrogen and oxygen atoms in total. The zero-order valence-electron chi connectivity index (χ0n) is 16.9. The summed E-state index contributed by atoms with van der Waals surface area (Å²) in [7, 11) is 0. The van der Waals surface area contributed by atoms with Crippen molar-refractivity contribution >= 4 is 35.2 Å². The molecule has 1 heterocycles. The van der Waals surface area contributed by atoms with Gasteiger partial charge in [-0.1, -0.05) is 36.4 Å². The molecule has 1 saturated heterocycles. The van der Waals surface area contributed by atoms with Crippen molar-refractivity contribution in [3.8, 4) is 0 Å². The number of halogens is 1. The summed E-state index contributed by atoms with van der Waals surface area (Å²) >= 11 is 1.20. The standard InChI is InChI=1S/C22H25FN4O3S/c23-16-7-4-8-17(11-16)25-21(30)14-31-22-26-18(13-20(29)27-22)12-19(28)24-10-9-15-5-2-1-3-6-15/h1-8,11,18,22,26H,9-10,12-14H2,(H,24,28)(H,25,30)(H,27,29). The van der Waals surface area contributed by atoms with Gasteiger partial charge in [0.25, 0.3) is 0 Å². The highest BCUT2D eigenvalue weighted by Crippen LogP contribution is 2.15. The van der Waals surface area contributed by atoms with E-state index in [1.54, 1.807) is 6.07 Å². The third-order valence-electron chi connectivity index (χ3n) is 4.61. The first kappa shape index (κ1) is 22.8. The minimum Gasteiger partial charge on any atom is -0.356 e. The molecule has 2 aromatic carbocycles. The van der Waals surface area contributed by atoms with E-state index in [1.165, 1.54) is 30.0 Å². The Kier molecular flexibility index (Phi) is 8.43. The Hall–Kier alpha value is -2.91. The molecule has 1 fully saturated rings. The van der Waals surface area contributed by atoms with Gasteiger partial charge in [0.2, 0.25) is 17.7 Å². The van der Waals surface area contributed by atoms with Gasteiger partial charge in [-0.2, -0.15) is 0 Å². The number of anilines is 1. The molecule has 0 spiro atoms. The summed E-state index contributed by atoms with van der Waals surface area (Å²) in [5.74, 6) is -0.992. The molecule has 0 aliphatic carbocycles. The van der Waals surface area contributed by atoms with Crippen LogP contribution in [0.15, 0.2) is 54.6 Å². The fraction of sp³-hybridized carbons (Fsp3) is 0.318. The zero-order chi connectivity index (χ0) is 22.1. The van der Waals surface area contributed by atoms with E-state index in [2.05, 4.69) is 21.3 Å². The summed E-state index contributed by atoms with van der Waals surface area (Å²) < 4.78 is 13.2. The molecular weight excluding hydrogens is 419 g/mol. The van der Waals surface area contributed by atoms with E-state index >= 15 is 0 Å². The number of hydrogen-bond acceptors (Lipinski definition) is 5. The van der Waals surface area contributed by atoms with Gasteiger partial charge in [0.15, 0.2) is 0 Å². The Morgan fingerprint density at radius 3 is 2.68 bits per heavy atom. The normalized spacial score (nSPS) is 18.2. The zero-order valence-corrected chi connectivity index (χ0v) is 17.7. The van der Waals surface area contributed by atoms with E-state index in [9.17, 15) is 18.8 Å². The Labute approximate surface area is 184 Å². The van der Waals surface area contributed by atoms with Crippen molar-refractivity contribution in [3.05, 3.63) is 66.0 Å². The second-order valence-corrected chi connectivity index (χ2v) is 8.27. The Bertz CT molecular complexity index is 913. The molecule has 2 aromatic rings. The Morgan fingerprint density at radius 1 is 1.10 bits per heavy atom. The van der Waals surface area contributed by atoms with Crippen LogP contribution in [0.25, 0.3) is 0 Å². The van der Waals surface area contributed by atoms with Crippen LogP contribution < -0.4 is 21.3 Å². The molecule has 0 radical (unpaired) electrons. The SMILES string of the molecule is O=C(CC1CC(=O)NC(SCC(=O)Nc2cccc(F)c2)N1)NCCc1ccccc1. The topological polar surface area (TPSA) is 99.3 Å². The lowest BCUT2D eigenvalue weighted by Gasteiger charge is -2.30. The van der Waals surface area contributed by atoms with Gasteiger partial charge >= 0.3 is 0 Å². The van der Waals surface area contributed by atoms with Crippen LogP contribution in [0.5, 0.6) is 0 Å². The van der Waals surface area contributed by atoms with Crippen molar-refractivity contribution in [1.29, 1.82) is 0 Å². The largest absolute Gasteiger partial charge is 0.356 e. The number of hydrogen-bond donors (Lipinski definition) is 4. The number of rotatable bonds is 9. The predicted molar refractivity (Wildman–Crippen MR) is 119 cm³/mol. The number of carbonyl (C=O) groups is 3. The first-order valence-corrected chi connectivity index (χ1v) is 11.1. The molecule has 1 aliphatic rings. The molecular formula is C22H25FN4O3S. The quantitative estimate of drug-likeness (QED) is 0.474. The van der Waals surface area contributed by atoms with E-state index < -0.39 is 11.3 Å². The highest BCUT2D eigenvalue weighted by atomic mass is 32.2. The summed E-state index contributed by atoms with van der Waals surface area (Å²) in [6.07, 6.45) is 1.11. The minimum atomic E-state index is -0.485. The van der Waals surface area contributed by atoms with E-state index in [1.807, 2.05) is 30.3 Å². The summed E-state index contributed by atoms with van der Waals surface area (Å²) in [6.45, 7) is 0.528. The third-order valence-corrected chi connectivity index (χ3v) is 5.63. The molecule has 4 N–H and O–H groups in total. The number of thioether (sulfide) groups is 1. The van der Waals surface area contributed by atoms with Crippen LogP contribution in [0.4, 0.5) is 10.1 Å². The smallest absolute Gasteiger partial charge is 0.234 e. The van der Waals surface area contributed by atoms with Crippen LogP contribution in [0.2, 0.25) is 0 Å². The van der Waals surface area contributed by atoms with Crippen molar-refractivity contribution in [2.45, 2.75) is 30.8 Å². The van der Waals surface area contributed by atoms with Gasteiger partial charge in [-0.05, 0) is 30.2 Å². The van der Waals surface area contributed by atoms with Gasteiger partial charge in [-0.3, -0.25) is 19.7 Å². The first-order chi connectivity index (χ1) is 15.0. The average Bonchev–Trinajstić information content (AvgIpc) is 2.73. The van der Waals surface area contributed by atoms with Crippen LogP contribution in [-0.4, -0.2) is 41.6 Å². The molecule has 0 bridgehead atoms. The van der Waals surface area contributed by atoms with Gasteiger partial charge in [0.05, 0.1) is 5.75 Å². The second kappa shape index (κ2) is 11.5. The van der Waals surface area contributed by atoms with Gasteiger partial charge in [0.1, 0.15) is 11.3 Å². The molecule has 3 amide bonds. The van der Waals surface area contributed by atoms with Crippen molar-refractivity contribution < 1.29 is 18.8 Å². The first-order valence-electron chi connectivity index (χ1n) is 10.0. The van der Waals surface area contributed by atoms with E-state index in [-0.39, 0.29) is 42.4 Å². The van der Waals surface area contributed by atoms with Gasteiger partial charge in [0, 0.05) is 31.1 Å². The highest BCUT2D eigenvalue weighted by molar-refractivity contribution is 8.00. The van der Waals surface area contributed by atoms with Gasteiger partial charge in [-0.25, -0.2) is 4.39 Å². The average molecular weight is 445 g/mol. The monoisotopic (exact) mass is 444 g/mol. The summed E-state index contributed by atoms with van der Waals surface area (Å²) in [5, 5.41) is 11.4.